The van der Waals surface area contributed by atoms with E-state index in [9.17, 15) is 9.18 Å². The molecule has 2 aromatic rings. The van der Waals surface area contributed by atoms with Gasteiger partial charge in [0.05, 0.1) is 11.3 Å². The van der Waals surface area contributed by atoms with Crippen LogP contribution in [0.25, 0.3) is 0 Å². The van der Waals surface area contributed by atoms with Gasteiger partial charge in [0.1, 0.15) is 5.82 Å². The Balaban J connectivity index is 1.82. The molecule has 4 nitrogen and oxygen atoms in total. The van der Waals surface area contributed by atoms with E-state index in [1.54, 1.807) is 36.2 Å². The summed E-state index contributed by atoms with van der Waals surface area (Å²) in [7, 11) is 0. The van der Waals surface area contributed by atoms with Crippen LogP contribution in [0.5, 0.6) is 0 Å². The average Bonchev–Trinajstić information content (AvgIpc) is 2.53. The lowest BCUT2D eigenvalue weighted by atomic mass is 10.1. The second kappa shape index (κ2) is 6.05. The fourth-order valence-corrected chi connectivity index (χ4v) is 3.05. The second-order valence-electron chi connectivity index (χ2n) is 4.48. The van der Waals surface area contributed by atoms with Gasteiger partial charge >= 0.3 is 0 Å². The molecule has 0 bridgehead atoms. The maximum Gasteiger partial charge on any atom is 0.272 e. The molecule has 0 unspecified atom stereocenters. The van der Waals surface area contributed by atoms with Crippen LogP contribution in [0.2, 0.25) is 0 Å². The minimum absolute atomic E-state index is 0.303. The van der Waals surface area contributed by atoms with Gasteiger partial charge < -0.3 is 0 Å². The van der Waals surface area contributed by atoms with Crippen molar-refractivity contribution in [2.24, 2.45) is 5.10 Å². The summed E-state index contributed by atoms with van der Waals surface area (Å²) in [6.45, 7) is 0. The minimum atomic E-state index is -0.327. The summed E-state index contributed by atoms with van der Waals surface area (Å²) < 4.78 is 13.4. The fourth-order valence-electron chi connectivity index (χ4n) is 2.04. The number of hydrogen-bond acceptors (Lipinski definition) is 4. The highest BCUT2D eigenvalue weighted by Gasteiger charge is 2.17. The van der Waals surface area contributed by atoms with E-state index in [1.165, 1.54) is 18.3 Å². The topological polar surface area (TPSA) is 54.4 Å². The smallest absolute Gasteiger partial charge is 0.267 e. The molecule has 1 aromatic heterocycles. The van der Waals surface area contributed by atoms with E-state index in [0.29, 0.717) is 17.7 Å². The van der Waals surface area contributed by atoms with Crippen LogP contribution in [-0.4, -0.2) is 22.4 Å². The first-order valence-corrected chi connectivity index (χ1v) is 7.42. The van der Waals surface area contributed by atoms with E-state index >= 15 is 0 Å². The van der Waals surface area contributed by atoms with Gasteiger partial charge in [-0.3, -0.25) is 9.78 Å². The van der Waals surface area contributed by atoms with Crippen LogP contribution in [-0.2, 0) is 0 Å². The molecule has 6 heteroatoms. The first-order chi connectivity index (χ1) is 10.2. The number of nitrogens with zero attached hydrogens (tertiary/aromatic N) is 2. The van der Waals surface area contributed by atoms with Gasteiger partial charge in [-0.2, -0.15) is 5.10 Å². The molecule has 3 rings (SSSR count). The van der Waals surface area contributed by atoms with Crippen molar-refractivity contribution in [3.8, 4) is 0 Å². The van der Waals surface area contributed by atoms with E-state index < -0.39 is 0 Å². The zero-order chi connectivity index (χ0) is 14.7. The van der Waals surface area contributed by atoms with Gasteiger partial charge in [0, 0.05) is 35.0 Å². The number of hydrogen-bond donors (Lipinski definition) is 1. The lowest BCUT2D eigenvalue weighted by molar-refractivity contribution is 0.0954. The van der Waals surface area contributed by atoms with E-state index in [0.717, 1.165) is 16.2 Å². The Morgan fingerprint density at radius 2 is 2.29 bits per heavy atom. The molecule has 0 atom stereocenters. The molecule has 1 aromatic carbocycles. The highest BCUT2D eigenvalue weighted by Crippen LogP contribution is 2.30. The minimum Gasteiger partial charge on any atom is -0.267 e. The van der Waals surface area contributed by atoms with Crippen LogP contribution in [0.1, 0.15) is 22.3 Å². The SMILES string of the molecule is O=C(N/N=C1/CCSc2ccc(F)cc21)c1cccnc1. The summed E-state index contributed by atoms with van der Waals surface area (Å²) in [5, 5.41) is 4.15. The van der Waals surface area contributed by atoms with E-state index in [-0.39, 0.29) is 11.7 Å². The number of benzene rings is 1. The van der Waals surface area contributed by atoms with Crippen molar-refractivity contribution in [3.05, 3.63) is 59.7 Å². The number of hydrazone groups is 1. The Bertz CT molecular complexity index is 703. The Morgan fingerprint density at radius 3 is 3.10 bits per heavy atom. The summed E-state index contributed by atoms with van der Waals surface area (Å²) in [4.78, 5) is 16.8. The molecule has 0 fully saturated rings. The van der Waals surface area contributed by atoms with Gasteiger partial charge in [0.25, 0.3) is 5.91 Å². The molecular formula is C15H12FN3OS. The van der Waals surface area contributed by atoms with Gasteiger partial charge in [-0.05, 0) is 30.3 Å². The van der Waals surface area contributed by atoms with Crippen LogP contribution in [0.15, 0.2) is 52.7 Å². The Kier molecular flexibility index (Phi) is 3.96. The molecule has 106 valence electrons. The van der Waals surface area contributed by atoms with Crippen LogP contribution in [0, 0.1) is 5.82 Å². The number of thioether (sulfide) groups is 1. The van der Waals surface area contributed by atoms with E-state index in [4.69, 9.17) is 0 Å². The predicted molar refractivity (Wildman–Crippen MR) is 80.0 cm³/mol. The predicted octanol–water partition coefficient (Wildman–Crippen LogP) is 2.85. The van der Waals surface area contributed by atoms with Crippen molar-refractivity contribution >= 4 is 23.4 Å². The highest BCUT2D eigenvalue weighted by atomic mass is 32.2. The molecule has 0 aliphatic carbocycles. The van der Waals surface area contributed by atoms with Crippen molar-refractivity contribution in [3.63, 3.8) is 0 Å². The Labute approximate surface area is 125 Å². The second-order valence-corrected chi connectivity index (χ2v) is 5.62. The van der Waals surface area contributed by atoms with Crippen molar-refractivity contribution in [2.45, 2.75) is 11.3 Å². The van der Waals surface area contributed by atoms with Crippen LogP contribution < -0.4 is 5.43 Å². The maximum absolute atomic E-state index is 13.4. The number of pyridine rings is 1. The van der Waals surface area contributed by atoms with Crippen molar-refractivity contribution in [2.75, 3.05) is 5.75 Å². The molecule has 0 spiro atoms. The Morgan fingerprint density at radius 1 is 1.38 bits per heavy atom. The van der Waals surface area contributed by atoms with E-state index in [2.05, 4.69) is 15.5 Å². The number of halogens is 1. The molecule has 1 amide bonds. The van der Waals surface area contributed by atoms with E-state index in [1.807, 2.05) is 0 Å². The lowest BCUT2D eigenvalue weighted by Gasteiger charge is -2.17. The quantitative estimate of drug-likeness (QED) is 0.868. The molecule has 1 aliphatic rings. The zero-order valence-electron chi connectivity index (χ0n) is 11.0. The summed E-state index contributed by atoms with van der Waals surface area (Å²) >= 11 is 1.66. The normalized spacial score (nSPS) is 15.6. The molecule has 1 N–H and O–H groups in total. The largest absolute Gasteiger partial charge is 0.272 e. The van der Waals surface area contributed by atoms with Crippen LogP contribution in [0.4, 0.5) is 4.39 Å². The average molecular weight is 301 g/mol. The fraction of sp³-hybridized carbons (Fsp3) is 0.133. The third-order valence-electron chi connectivity index (χ3n) is 3.07. The number of aromatic nitrogens is 1. The van der Waals surface area contributed by atoms with Crippen LogP contribution in [0.3, 0.4) is 0 Å². The summed E-state index contributed by atoms with van der Waals surface area (Å²) in [6.07, 6.45) is 3.76. The summed E-state index contributed by atoms with van der Waals surface area (Å²) in [6, 6.07) is 7.98. The molecular weight excluding hydrogens is 289 g/mol. The number of amides is 1. The molecule has 1 aliphatic heterocycles. The lowest BCUT2D eigenvalue weighted by Crippen LogP contribution is -2.21. The van der Waals surface area contributed by atoms with Gasteiger partial charge in [-0.1, -0.05) is 0 Å². The van der Waals surface area contributed by atoms with Gasteiger partial charge in [-0.15, -0.1) is 11.8 Å². The number of nitrogens with one attached hydrogen (secondary N) is 1. The molecule has 21 heavy (non-hydrogen) atoms. The van der Waals surface area contributed by atoms with Crippen LogP contribution >= 0.6 is 11.8 Å². The first kappa shape index (κ1) is 13.8. The first-order valence-electron chi connectivity index (χ1n) is 6.44. The standard InChI is InChI=1S/C15H12FN3OS/c16-11-3-4-14-12(8-11)13(5-7-21-14)18-19-15(20)10-2-1-6-17-9-10/h1-4,6,8-9H,5,7H2,(H,19,20)/b18-13-. The van der Waals surface area contributed by atoms with Crippen molar-refractivity contribution in [1.29, 1.82) is 0 Å². The number of carbonyl (C=O) groups is 1. The molecule has 0 saturated heterocycles. The maximum atomic E-state index is 13.4. The van der Waals surface area contributed by atoms with Gasteiger partial charge in [-0.25, -0.2) is 9.82 Å². The third-order valence-corrected chi connectivity index (χ3v) is 4.14. The van der Waals surface area contributed by atoms with Crippen molar-refractivity contribution in [1.82, 2.24) is 10.4 Å². The van der Waals surface area contributed by atoms with Gasteiger partial charge in [0.15, 0.2) is 0 Å². The molecule has 0 radical (unpaired) electrons. The van der Waals surface area contributed by atoms with Gasteiger partial charge in [0.2, 0.25) is 0 Å². The molecule has 0 saturated carbocycles. The van der Waals surface area contributed by atoms with Crippen molar-refractivity contribution < 1.29 is 9.18 Å². The zero-order valence-corrected chi connectivity index (χ0v) is 11.9. The monoisotopic (exact) mass is 301 g/mol. The number of rotatable bonds is 2. The molecule has 2 heterocycles. The number of fused-ring (bicyclic) bond motifs is 1. The summed E-state index contributed by atoms with van der Waals surface area (Å²) in [5.74, 6) is 0.231. The highest BCUT2D eigenvalue weighted by molar-refractivity contribution is 7.99. The third kappa shape index (κ3) is 3.11. The summed E-state index contributed by atoms with van der Waals surface area (Å²) in [5.41, 5.74) is 4.39. The number of carbonyl (C=O) groups excluding carboxylic acids is 1. The Hall–Kier alpha value is -2.21.